The van der Waals surface area contributed by atoms with Gasteiger partial charge >= 0.3 is 0 Å². The first kappa shape index (κ1) is 37.9. The highest BCUT2D eigenvalue weighted by Crippen LogP contribution is 2.54. The number of aryl methyl sites for hydroxylation is 1. The molecule has 7 aromatic rings. The summed E-state index contributed by atoms with van der Waals surface area (Å²) in [6, 6.07) is 55.7. The zero-order valence-corrected chi connectivity index (χ0v) is 36.3. The van der Waals surface area contributed by atoms with Gasteiger partial charge in [-0.05, 0) is 132 Å². The zero-order valence-electron chi connectivity index (χ0n) is 36.3. The van der Waals surface area contributed by atoms with Crippen molar-refractivity contribution in [2.75, 3.05) is 4.90 Å². The summed E-state index contributed by atoms with van der Waals surface area (Å²) in [5.41, 5.74) is 23.1. The molecule has 7 aromatic carbocycles. The summed E-state index contributed by atoms with van der Waals surface area (Å²) < 4.78 is 0. The van der Waals surface area contributed by atoms with Crippen LogP contribution in [-0.2, 0) is 21.7 Å². The summed E-state index contributed by atoms with van der Waals surface area (Å²) in [7, 11) is 0. The van der Waals surface area contributed by atoms with Crippen LogP contribution in [0.3, 0.4) is 0 Å². The Kier molecular flexibility index (Phi) is 8.61. The van der Waals surface area contributed by atoms with Gasteiger partial charge in [-0.15, -0.1) is 0 Å². The fourth-order valence-corrected chi connectivity index (χ4v) is 9.81. The predicted octanol–water partition coefficient (Wildman–Crippen LogP) is 16.0. The molecule has 0 heterocycles. The Morgan fingerprint density at radius 2 is 0.879 bits per heavy atom. The molecule has 58 heavy (non-hydrogen) atoms. The fraction of sp³-hybridized carbons (Fsp3) is 0.263. The first-order valence-electron chi connectivity index (χ1n) is 21.1. The predicted molar refractivity (Wildman–Crippen MR) is 249 cm³/mol. The Morgan fingerprint density at radius 3 is 1.40 bits per heavy atom. The molecule has 0 unspecified atom stereocenters. The number of benzene rings is 7. The van der Waals surface area contributed by atoms with Crippen LogP contribution in [0.15, 0.2) is 146 Å². The summed E-state index contributed by atoms with van der Waals surface area (Å²) in [4.78, 5) is 2.55. The van der Waals surface area contributed by atoms with E-state index in [0.717, 1.165) is 0 Å². The standard InChI is InChI=1S/C57H57N/c1-36-31-53(48(38-17-16-18-40(32-38)55(5,6)7)35-47(36)37-23-25-39(26-24-37)54(2,3)4)58(41-27-29-45-43-19-12-14-21-49(43)56(8,9)51(45)33-41)42-28-30-46-44-20-13-15-22-50(44)57(10,11)52(46)34-42/h12-35H,1-11H3. The summed E-state index contributed by atoms with van der Waals surface area (Å²) in [5, 5.41) is 0. The molecular weight excluding hydrogens is 699 g/mol. The smallest absolute Gasteiger partial charge is 0.0543 e. The third-order valence-corrected chi connectivity index (χ3v) is 13.3. The van der Waals surface area contributed by atoms with Gasteiger partial charge in [0.2, 0.25) is 0 Å². The second kappa shape index (κ2) is 13.2. The average molecular weight is 756 g/mol. The first-order chi connectivity index (χ1) is 27.4. The molecule has 1 nitrogen and oxygen atoms in total. The molecule has 0 aliphatic heterocycles. The van der Waals surface area contributed by atoms with E-state index in [9.17, 15) is 0 Å². The highest BCUT2D eigenvalue weighted by atomic mass is 15.1. The maximum atomic E-state index is 2.55. The van der Waals surface area contributed by atoms with E-state index in [-0.39, 0.29) is 21.7 Å². The Bertz CT molecular complexity index is 2640. The lowest BCUT2D eigenvalue weighted by Crippen LogP contribution is -2.18. The molecule has 0 bridgehead atoms. The van der Waals surface area contributed by atoms with Crippen molar-refractivity contribution in [1.29, 1.82) is 0 Å². The lowest BCUT2D eigenvalue weighted by Gasteiger charge is -2.32. The summed E-state index contributed by atoms with van der Waals surface area (Å²) in [5.74, 6) is 0. The van der Waals surface area contributed by atoms with Gasteiger partial charge in [-0.1, -0.05) is 178 Å². The third kappa shape index (κ3) is 6.05. The van der Waals surface area contributed by atoms with E-state index in [1.54, 1.807) is 0 Å². The summed E-state index contributed by atoms with van der Waals surface area (Å²) >= 11 is 0. The second-order valence-corrected chi connectivity index (χ2v) is 20.0. The van der Waals surface area contributed by atoms with Crippen molar-refractivity contribution >= 4 is 17.1 Å². The van der Waals surface area contributed by atoms with Gasteiger partial charge in [0.25, 0.3) is 0 Å². The minimum atomic E-state index is -0.127. The molecule has 0 spiro atoms. The van der Waals surface area contributed by atoms with Crippen LogP contribution in [0.2, 0.25) is 0 Å². The fourth-order valence-electron chi connectivity index (χ4n) is 9.81. The maximum Gasteiger partial charge on any atom is 0.0543 e. The van der Waals surface area contributed by atoms with Gasteiger partial charge in [-0.3, -0.25) is 0 Å². The van der Waals surface area contributed by atoms with Gasteiger partial charge in [-0.25, -0.2) is 0 Å². The highest BCUT2D eigenvalue weighted by Gasteiger charge is 2.38. The zero-order chi connectivity index (χ0) is 40.9. The van der Waals surface area contributed by atoms with Crippen LogP contribution in [0.4, 0.5) is 17.1 Å². The molecule has 0 saturated carbocycles. The molecule has 0 saturated heterocycles. The van der Waals surface area contributed by atoms with Gasteiger partial charge in [-0.2, -0.15) is 0 Å². The van der Waals surface area contributed by atoms with Gasteiger partial charge < -0.3 is 4.90 Å². The Labute approximate surface area is 347 Å². The van der Waals surface area contributed by atoms with Crippen LogP contribution in [0.5, 0.6) is 0 Å². The SMILES string of the molecule is Cc1cc(N(c2ccc3c(c2)C(C)(C)c2ccccc2-3)c2ccc3c(c2)C(C)(C)c2ccccc2-3)c(-c2cccc(C(C)(C)C)c2)cc1-c1ccc(C(C)(C)C)cc1. The highest BCUT2D eigenvalue weighted by molar-refractivity contribution is 5.94. The molecule has 9 rings (SSSR count). The van der Waals surface area contributed by atoms with E-state index in [1.807, 2.05) is 0 Å². The van der Waals surface area contributed by atoms with Crippen molar-refractivity contribution < 1.29 is 0 Å². The van der Waals surface area contributed by atoms with Gasteiger partial charge in [0.05, 0.1) is 5.69 Å². The molecule has 290 valence electrons. The van der Waals surface area contributed by atoms with Crippen LogP contribution < -0.4 is 4.90 Å². The topological polar surface area (TPSA) is 3.24 Å². The molecule has 1 heteroatoms. The minimum absolute atomic E-state index is 0.00726. The number of rotatable bonds is 5. The summed E-state index contributed by atoms with van der Waals surface area (Å²) in [6.07, 6.45) is 0. The average Bonchev–Trinajstić information content (AvgIpc) is 3.57. The number of fused-ring (bicyclic) bond motifs is 6. The Hall–Kier alpha value is -5.66. The monoisotopic (exact) mass is 755 g/mol. The molecule has 0 fully saturated rings. The van der Waals surface area contributed by atoms with E-state index >= 15 is 0 Å². The van der Waals surface area contributed by atoms with E-state index in [1.165, 1.54) is 101 Å². The molecule has 0 radical (unpaired) electrons. The minimum Gasteiger partial charge on any atom is -0.310 e. The summed E-state index contributed by atoms with van der Waals surface area (Å²) in [6.45, 7) is 25.6. The second-order valence-electron chi connectivity index (χ2n) is 20.0. The molecule has 2 aliphatic rings. The van der Waals surface area contributed by atoms with Gasteiger partial charge in [0, 0.05) is 27.8 Å². The van der Waals surface area contributed by atoms with Crippen molar-refractivity contribution in [3.05, 3.63) is 185 Å². The Balaban J connectivity index is 1.32. The van der Waals surface area contributed by atoms with Crippen molar-refractivity contribution in [2.24, 2.45) is 0 Å². The molecule has 0 aromatic heterocycles. The third-order valence-electron chi connectivity index (χ3n) is 13.3. The Morgan fingerprint density at radius 1 is 0.379 bits per heavy atom. The number of anilines is 3. The number of nitrogens with zero attached hydrogens (tertiary/aromatic N) is 1. The normalized spacial score (nSPS) is 14.7. The van der Waals surface area contributed by atoms with E-state index in [0.29, 0.717) is 0 Å². The van der Waals surface area contributed by atoms with Crippen LogP contribution >= 0.6 is 0 Å². The van der Waals surface area contributed by atoms with Gasteiger partial charge in [0.15, 0.2) is 0 Å². The lowest BCUT2D eigenvalue weighted by molar-refractivity contribution is 0.590. The van der Waals surface area contributed by atoms with Crippen molar-refractivity contribution in [3.8, 4) is 44.5 Å². The van der Waals surface area contributed by atoms with Crippen LogP contribution in [0.1, 0.15) is 108 Å². The number of hydrogen-bond acceptors (Lipinski definition) is 1. The van der Waals surface area contributed by atoms with Crippen LogP contribution in [0.25, 0.3) is 44.5 Å². The molecule has 0 N–H and O–H groups in total. The van der Waals surface area contributed by atoms with Crippen molar-refractivity contribution in [1.82, 2.24) is 0 Å². The molecule has 2 aliphatic carbocycles. The quantitative estimate of drug-likeness (QED) is 0.169. The van der Waals surface area contributed by atoms with Crippen LogP contribution in [0, 0.1) is 6.92 Å². The van der Waals surface area contributed by atoms with Crippen molar-refractivity contribution in [2.45, 2.75) is 97.8 Å². The molecular formula is C57H57N. The van der Waals surface area contributed by atoms with E-state index < -0.39 is 0 Å². The molecule has 0 amide bonds. The van der Waals surface area contributed by atoms with E-state index in [4.69, 9.17) is 0 Å². The maximum absolute atomic E-state index is 2.55. The van der Waals surface area contributed by atoms with Gasteiger partial charge in [0.1, 0.15) is 0 Å². The number of hydrogen-bond donors (Lipinski definition) is 0. The largest absolute Gasteiger partial charge is 0.310 e. The first-order valence-corrected chi connectivity index (χ1v) is 21.1. The van der Waals surface area contributed by atoms with Crippen LogP contribution in [-0.4, -0.2) is 0 Å². The van der Waals surface area contributed by atoms with E-state index in [2.05, 4.69) is 227 Å². The molecule has 0 atom stereocenters. The van der Waals surface area contributed by atoms with Crippen molar-refractivity contribution in [3.63, 3.8) is 0 Å². The lowest BCUT2D eigenvalue weighted by atomic mass is 9.82.